The smallest absolute Gasteiger partial charge is 0.299 e. The van der Waals surface area contributed by atoms with Gasteiger partial charge >= 0.3 is 6.03 Å². The summed E-state index contributed by atoms with van der Waals surface area (Å²) in [6, 6.07) is 7.23. The van der Waals surface area contributed by atoms with E-state index in [0.29, 0.717) is 0 Å². The van der Waals surface area contributed by atoms with Gasteiger partial charge < -0.3 is 0 Å². The largest absolute Gasteiger partial charge is 0.324 e. The van der Waals surface area contributed by atoms with Crippen molar-refractivity contribution in [2.75, 3.05) is 6.54 Å². The molecule has 1 aromatic carbocycles. The number of amides is 2. The molecule has 1 saturated heterocycles. The number of terminal acetylenes is 1. The third-order valence-corrected chi connectivity index (χ3v) is 3.05. The first-order valence-electron chi connectivity index (χ1n) is 5.85. The molecule has 4 heteroatoms. The van der Waals surface area contributed by atoms with Crippen LogP contribution in [-0.4, -0.2) is 23.3 Å². The minimum atomic E-state index is -0.389. The molecule has 0 spiro atoms. The van der Waals surface area contributed by atoms with Crippen LogP contribution in [0.2, 0.25) is 0 Å². The molecule has 1 heterocycles. The van der Waals surface area contributed by atoms with Crippen LogP contribution in [0.25, 0.3) is 0 Å². The van der Waals surface area contributed by atoms with E-state index in [4.69, 9.17) is 11.8 Å². The van der Waals surface area contributed by atoms with E-state index < -0.39 is 0 Å². The number of benzene rings is 1. The molecule has 1 unspecified atom stereocenters. The fourth-order valence-corrected chi connectivity index (χ4v) is 2.07. The summed E-state index contributed by atoms with van der Waals surface area (Å²) < 4.78 is 0. The molecule has 0 bridgehead atoms. The van der Waals surface area contributed by atoms with Gasteiger partial charge in [-0.2, -0.15) is 0 Å². The van der Waals surface area contributed by atoms with Gasteiger partial charge in [-0.1, -0.05) is 37.1 Å². The Hall–Kier alpha value is -2.28. The molecule has 0 aliphatic carbocycles. The lowest BCUT2D eigenvalue weighted by molar-refractivity contribution is 0.212. The van der Waals surface area contributed by atoms with E-state index in [0.717, 1.165) is 12.0 Å². The number of nitrogens with zero attached hydrogens (tertiary/aromatic N) is 1. The van der Waals surface area contributed by atoms with Gasteiger partial charge in [-0.25, -0.2) is 4.79 Å². The van der Waals surface area contributed by atoms with Crippen molar-refractivity contribution in [3.63, 3.8) is 0 Å². The Morgan fingerprint density at radius 2 is 2.11 bits per heavy atom. The third-order valence-electron chi connectivity index (χ3n) is 3.05. The summed E-state index contributed by atoms with van der Waals surface area (Å²) in [5.74, 6) is 2.63. The Labute approximate surface area is 107 Å². The molecular weight excluding hydrogens is 226 g/mol. The fraction of sp³-hybridized carbons (Fsp3) is 0.286. The average Bonchev–Trinajstić information content (AvgIpc) is 2.65. The highest BCUT2D eigenvalue weighted by Crippen LogP contribution is 2.25. The molecule has 1 aliphatic heterocycles. The van der Waals surface area contributed by atoms with Crippen LogP contribution >= 0.6 is 0 Å². The van der Waals surface area contributed by atoms with Crippen molar-refractivity contribution in [2.24, 2.45) is 0 Å². The topological polar surface area (TPSA) is 56.2 Å². The molecule has 1 atom stereocenters. The van der Waals surface area contributed by atoms with E-state index in [9.17, 15) is 4.79 Å². The second kappa shape index (κ2) is 4.92. The highest BCUT2D eigenvalue weighted by atomic mass is 16.2. The summed E-state index contributed by atoms with van der Waals surface area (Å²) in [6.07, 6.45) is 6.23. The number of carbonyl (C=O) groups excluding carboxylic acids is 1. The number of amidine groups is 1. The Balaban J connectivity index is 2.31. The van der Waals surface area contributed by atoms with Crippen molar-refractivity contribution >= 4 is 11.9 Å². The minimum Gasteiger partial charge on any atom is -0.299 e. The number of urea groups is 1. The van der Waals surface area contributed by atoms with Crippen molar-refractivity contribution in [2.45, 2.75) is 19.4 Å². The summed E-state index contributed by atoms with van der Waals surface area (Å²) in [5.41, 5.74) is 2.14. The van der Waals surface area contributed by atoms with Crippen LogP contribution < -0.4 is 5.32 Å². The van der Waals surface area contributed by atoms with E-state index in [2.05, 4.69) is 18.2 Å². The minimum absolute atomic E-state index is 0.180. The van der Waals surface area contributed by atoms with Gasteiger partial charge in [0.25, 0.3) is 0 Å². The standard InChI is InChI=1S/C14H15N3O/c1-3-9-17-12(13(15)16-14(17)18)11-7-5-10(4-2)6-8-11/h1,5-8,12H,4,9H2,2H3,(H2,15,16,18). The summed E-state index contributed by atoms with van der Waals surface area (Å²) in [6.45, 7) is 2.29. The summed E-state index contributed by atoms with van der Waals surface area (Å²) in [5, 5.41) is 10.3. The molecule has 18 heavy (non-hydrogen) atoms. The van der Waals surface area contributed by atoms with Gasteiger partial charge in [-0.05, 0) is 17.5 Å². The maximum Gasteiger partial charge on any atom is 0.324 e. The Kier molecular flexibility index (Phi) is 3.33. The first kappa shape index (κ1) is 12.2. The monoisotopic (exact) mass is 241 g/mol. The number of aryl methyl sites for hydroxylation is 1. The summed E-state index contributed by atoms with van der Waals surface area (Å²) in [7, 11) is 0. The SMILES string of the molecule is C#CCN1C(=O)NC(=N)C1c1ccc(CC)cc1. The lowest BCUT2D eigenvalue weighted by atomic mass is 10.0. The summed E-state index contributed by atoms with van der Waals surface area (Å²) >= 11 is 0. The van der Waals surface area contributed by atoms with Crippen LogP contribution in [-0.2, 0) is 6.42 Å². The zero-order chi connectivity index (χ0) is 13.1. The van der Waals surface area contributed by atoms with E-state index in [1.807, 2.05) is 24.3 Å². The molecule has 2 rings (SSSR count). The predicted octanol–water partition coefficient (Wildman–Crippen LogP) is 1.93. The molecule has 2 N–H and O–H groups in total. The van der Waals surface area contributed by atoms with Crippen LogP contribution in [0.4, 0.5) is 4.79 Å². The van der Waals surface area contributed by atoms with Crippen LogP contribution in [0.1, 0.15) is 24.1 Å². The van der Waals surface area contributed by atoms with Gasteiger partial charge in [0.05, 0.1) is 6.54 Å². The van der Waals surface area contributed by atoms with Gasteiger partial charge in [0, 0.05) is 0 Å². The van der Waals surface area contributed by atoms with Crippen LogP contribution in [0.5, 0.6) is 0 Å². The first-order valence-corrected chi connectivity index (χ1v) is 5.85. The van der Waals surface area contributed by atoms with Gasteiger partial charge in [-0.3, -0.25) is 15.6 Å². The van der Waals surface area contributed by atoms with E-state index in [1.54, 1.807) is 0 Å². The zero-order valence-corrected chi connectivity index (χ0v) is 10.2. The molecule has 0 radical (unpaired) electrons. The third kappa shape index (κ3) is 2.07. The van der Waals surface area contributed by atoms with Gasteiger partial charge in [0.15, 0.2) is 0 Å². The predicted molar refractivity (Wildman–Crippen MR) is 70.4 cm³/mol. The van der Waals surface area contributed by atoms with Crippen LogP contribution in [0.3, 0.4) is 0 Å². The summed E-state index contributed by atoms with van der Waals surface area (Å²) in [4.78, 5) is 13.1. The van der Waals surface area contributed by atoms with Crippen LogP contribution in [0.15, 0.2) is 24.3 Å². The molecule has 92 valence electrons. The quantitative estimate of drug-likeness (QED) is 0.780. The first-order chi connectivity index (χ1) is 8.67. The Bertz CT molecular complexity index is 513. The second-order valence-corrected chi connectivity index (χ2v) is 4.17. The van der Waals surface area contributed by atoms with Gasteiger partial charge in [0.1, 0.15) is 11.9 Å². The Morgan fingerprint density at radius 3 is 2.67 bits per heavy atom. The normalized spacial score (nSPS) is 18.7. The Morgan fingerprint density at radius 1 is 1.44 bits per heavy atom. The average molecular weight is 241 g/mol. The highest BCUT2D eigenvalue weighted by Gasteiger charge is 2.35. The number of carbonyl (C=O) groups is 1. The molecule has 0 aromatic heterocycles. The van der Waals surface area contributed by atoms with Crippen molar-refractivity contribution in [3.05, 3.63) is 35.4 Å². The lowest BCUT2D eigenvalue weighted by Gasteiger charge is -2.20. The molecule has 1 aliphatic rings. The zero-order valence-electron chi connectivity index (χ0n) is 10.2. The van der Waals surface area contributed by atoms with Gasteiger partial charge in [-0.15, -0.1) is 6.42 Å². The molecule has 0 saturated carbocycles. The highest BCUT2D eigenvalue weighted by molar-refractivity contribution is 6.06. The van der Waals surface area contributed by atoms with Crippen molar-refractivity contribution in [3.8, 4) is 12.3 Å². The number of nitrogens with one attached hydrogen (secondary N) is 2. The lowest BCUT2D eigenvalue weighted by Crippen LogP contribution is -2.30. The second-order valence-electron chi connectivity index (χ2n) is 4.17. The van der Waals surface area contributed by atoms with Crippen molar-refractivity contribution in [1.29, 1.82) is 5.41 Å². The van der Waals surface area contributed by atoms with E-state index in [-0.39, 0.29) is 24.5 Å². The molecular formula is C14H15N3O. The number of rotatable bonds is 3. The van der Waals surface area contributed by atoms with Crippen molar-refractivity contribution in [1.82, 2.24) is 10.2 Å². The number of hydrogen-bond donors (Lipinski definition) is 2. The fourth-order valence-electron chi connectivity index (χ4n) is 2.07. The molecule has 4 nitrogen and oxygen atoms in total. The number of hydrogen-bond acceptors (Lipinski definition) is 2. The molecule has 1 fully saturated rings. The molecule has 2 amide bonds. The molecule has 1 aromatic rings. The van der Waals surface area contributed by atoms with Crippen molar-refractivity contribution < 1.29 is 4.79 Å². The van der Waals surface area contributed by atoms with Crippen LogP contribution in [0, 0.1) is 17.8 Å². The maximum absolute atomic E-state index is 11.7. The maximum atomic E-state index is 11.7. The van der Waals surface area contributed by atoms with Gasteiger partial charge in [0.2, 0.25) is 0 Å². The van der Waals surface area contributed by atoms with E-state index >= 15 is 0 Å². The van der Waals surface area contributed by atoms with E-state index in [1.165, 1.54) is 10.5 Å².